The van der Waals surface area contributed by atoms with Gasteiger partial charge in [-0.25, -0.2) is 4.79 Å². The highest BCUT2D eigenvalue weighted by atomic mass is 32.1. The van der Waals surface area contributed by atoms with Gasteiger partial charge in [0.25, 0.3) is 0 Å². The largest absolute Gasteiger partial charge is 0.481 e. The molecule has 9 N–H and O–H groups in total. The lowest BCUT2D eigenvalue weighted by molar-refractivity contribution is -0.142. The van der Waals surface area contributed by atoms with Gasteiger partial charge in [0.05, 0.1) is 18.1 Å². The average Bonchev–Trinajstić information content (AvgIpc) is 3.26. The van der Waals surface area contributed by atoms with E-state index in [-0.39, 0.29) is 72.6 Å². The molecule has 0 spiro atoms. The zero-order chi connectivity index (χ0) is 47.5. The number of carboxylic acids is 2. The van der Waals surface area contributed by atoms with Crippen molar-refractivity contribution in [1.82, 2.24) is 37.2 Å². The number of hydrogen-bond donors (Lipinski definition) is 10. The van der Waals surface area contributed by atoms with Gasteiger partial charge in [0.2, 0.25) is 28.7 Å². The van der Waals surface area contributed by atoms with Gasteiger partial charge in [0, 0.05) is 38.9 Å². The zero-order valence-electron chi connectivity index (χ0n) is 39.7. The molecular weight excluding hydrogens is 827 g/mol. The van der Waals surface area contributed by atoms with Gasteiger partial charge in [-0.2, -0.15) is 0 Å². The van der Waals surface area contributed by atoms with Crippen LogP contribution >= 0.6 is 12.6 Å². The Kier molecular flexibility index (Phi) is 43.1. The predicted molar refractivity (Wildman–Crippen MR) is 255 cm³/mol. The van der Waals surface area contributed by atoms with Crippen LogP contribution < -0.4 is 37.2 Å². The van der Waals surface area contributed by atoms with Crippen LogP contribution in [0.4, 0.5) is 0 Å². The summed E-state index contributed by atoms with van der Waals surface area (Å²) >= 11 is 3.87. The van der Waals surface area contributed by atoms with E-state index in [2.05, 4.69) is 49.8 Å². The molecule has 0 aliphatic heterocycles. The van der Waals surface area contributed by atoms with Crippen LogP contribution in [0.1, 0.15) is 187 Å². The van der Waals surface area contributed by atoms with E-state index in [0.29, 0.717) is 58.2 Å². The van der Waals surface area contributed by atoms with Crippen molar-refractivity contribution in [2.24, 2.45) is 0 Å². The lowest BCUT2D eigenvalue weighted by atomic mass is 10.0. The SMILES string of the molecule is CC.CNC(CCCCNC(=O)C(CCCCNC(=O)[C@H](CCCCNC(=O)CCC(NC(=O)CCCCCCCCCCCCCCCCC(=O)O)C(=O)O)NC)NC)C(=O)S. The molecule has 0 rings (SSSR count). The smallest absolute Gasteiger partial charge is 0.326 e. The van der Waals surface area contributed by atoms with Crippen molar-refractivity contribution < 1.29 is 43.8 Å². The highest BCUT2D eigenvalue weighted by molar-refractivity contribution is 7.96. The minimum Gasteiger partial charge on any atom is -0.481 e. The third-order valence-corrected chi connectivity index (χ3v) is 11.3. The third-order valence-electron chi connectivity index (χ3n) is 11.0. The first-order chi connectivity index (χ1) is 30.4. The summed E-state index contributed by atoms with van der Waals surface area (Å²) in [6.45, 7) is 5.42. The number of aliphatic carboxylic acids is 2. The minimum absolute atomic E-state index is 0.00430. The molecule has 16 nitrogen and oxygen atoms in total. The second-order valence-electron chi connectivity index (χ2n) is 16.1. The molecule has 0 aliphatic rings. The van der Waals surface area contributed by atoms with Crippen molar-refractivity contribution in [1.29, 1.82) is 0 Å². The molecule has 4 amide bonds. The second-order valence-corrected chi connectivity index (χ2v) is 16.6. The average molecular weight is 916 g/mol. The van der Waals surface area contributed by atoms with Gasteiger partial charge in [0.1, 0.15) is 6.04 Å². The molecule has 0 saturated carbocycles. The fourth-order valence-corrected chi connectivity index (χ4v) is 7.35. The molecular formula is C46H89N7O9S. The second kappa shape index (κ2) is 43.9. The Morgan fingerprint density at radius 1 is 0.413 bits per heavy atom. The molecule has 4 atom stereocenters. The Balaban J connectivity index is 0. The zero-order valence-corrected chi connectivity index (χ0v) is 40.6. The van der Waals surface area contributed by atoms with Crippen LogP contribution in [0.15, 0.2) is 0 Å². The van der Waals surface area contributed by atoms with Crippen LogP contribution in [-0.2, 0) is 33.6 Å². The number of nitrogens with one attached hydrogen (secondary N) is 7. The number of amides is 4. The van der Waals surface area contributed by atoms with Crippen molar-refractivity contribution >= 4 is 53.3 Å². The Hall–Kier alpha value is -3.28. The molecule has 0 bridgehead atoms. The number of rotatable bonds is 43. The molecule has 63 heavy (non-hydrogen) atoms. The molecule has 17 heteroatoms. The maximum Gasteiger partial charge on any atom is 0.326 e. The summed E-state index contributed by atoms with van der Waals surface area (Å²) in [7, 11) is 5.20. The van der Waals surface area contributed by atoms with E-state index in [9.17, 15) is 38.7 Å². The quantitative estimate of drug-likeness (QED) is 0.0259. The maximum absolute atomic E-state index is 12.7. The number of thiol groups is 1. The lowest BCUT2D eigenvalue weighted by Crippen LogP contribution is -2.43. The monoisotopic (exact) mass is 916 g/mol. The van der Waals surface area contributed by atoms with E-state index in [4.69, 9.17) is 5.11 Å². The number of unbranched alkanes of at least 4 members (excludes halogenated alkanes) is 16. The molecule has 0 aromatic heterocycles. The first kappa shape index (κ1) is 61.8. The summed E-state index contributed by atoms with van der Waals surface area (Å²) in [5.74, 6) is -2.65. The molecule has 368 valence electrons. The summed E-state index contributed by atoms with van der Waals surface area (Å²) < 4.78 is 0. The first-order valence-electron chi connectivity index (χ1n) is 24.2. The van der Waals surface area contributed by atoms with Gasteiger partial charge >= 0.3 is 11.9 Å². The van der Waals surface area contributed by atoms with Crippen LogP contribution in [0.25, 0.3) is 0 Å². The third kappa shape index (κ3) is 37.8. The molecule has 0 aliphatic carbocycles. The van der Waals surface area contributed by atoms with Gasteiger partial charge in [-0.1, -0.05) is 90.9 Å². The normalized spacial score (nSPS) is 12.8. The Bertz CT molecular complexity index is 1230. The Morgan fingerprint density at radius 2 is 0.778 bits per heavy atom. The number of hydrogen-bond acceptors (Lipinski definition) is 10. The van der Waals surface area contributed by atoms with Crippen molar-refractivity contribution in [2.75, 3.05) is 40.8 Å². The number of carbonyl (C=O) groups excluding carboxylic acids is 5. The predicted octanol–water partition coefficient (Wildman–Crippen LogP) is 5.77. The molecule has 0 saturated heterocycles. The molecule has 0 heterocycles. The summed E-state index contributed by atoms with van der Waals surface area (Å²) in [6.07, 6.45) is 21.9. The van der Waals surface area contributed by atoms with Crippen molar-refractivity contribution in [3.8, 4) is 0 Å². The van der Waals surface area contributed by atoms with E-state index in [1.54, 1.807) is 21.1 Å². The van der Waals surface area contributed by atoms with E-state index < -0.39 is 18.0 Å². The van der Waals surface area contributed by atoms with Crippen LogP contribution in [0.5, 0.6) is 0 Å². The summed E-state index contributed by atoms with van der Waals surface area (Å²) in [4.78, 5) is 83.7. The first-order valence-corrected chi connectivity index (χ1v) is 24.6. The molecule has 0 aromatic carbocycles. The van der Waals surface area contributed by atoms with E-state index in [1.807, 2.05) is 13.8 Å². The lowest BCUT2D eigenvalue weighted by Gasteiger charge is -2.18. The summed E-state index contributed by atoms with van der Waals surface area (Å²) in [5.41, 5.74) is 0. The van der Waals surface area contributed by atoms with Gasteiger partial charge < -0.3 is 47.4 Å². The van der Waals surface area contributed by atoms with Crippen LogP contribution in [0, 0.1) is 0 Å². The van der Waals surface area contributed by atoms with Crippen molar-refractivity contribution in [2.45, 2.75) is 211 Å². The highest BCUT2D eigenvalue weighted by Crippen LogP contribution is 2.14. The summed E-state index contributed by atoms with van der Waals surface area (Å²) in [6, 6.07) is -2.11. The van der Waals surface area contributed by atoms with Gasteiger partial charge in [-0.05, 0) is 98.2 Å². The minimum atomic E-state index is -1.16. The standard InChI is InChI=1S/C44H83N7O9S.C2H6/c1-45-34(41(56)49-32-22-19-25-35(46-2)42(57)50-33-23-20-26-37(47-3)44(60)61)24-18-21-31-48-38(52)30-29-36(43(58)59)51-39(53)27-16-14-12-10-8-6-4-5-7-9-11-13-15-17-28-40(54)55;1-2/h34-37,45-47H,4-33H2,1-3H3,(H,48,52)(H,49,56)(H,50,57)(H,51,53)(H,54,55)(H,58,59)(H,60,61);1-2H3/t34-,35?,36?,37?;/m0./s1. The molecule has 3 unspecified atom stereocenters. The van der Waals surface area contributed by atoms with Gasteiger partial charge in [0.15, 0.2) is 0 Å². The molecule has 0 radical (unpaired) electrons. The van der Waals surface area contributed by atoms with Crippen LogP contribution in [0.2, 0.25) is 0 Å². The Labute approximate surface area is 385 Å². The summed E-state index contributed by atoms with van der Waals surface area (Å²) in [5, 5.41) is 38.4. The fraction of sp³-hybridized carbons (Fsp3) is 0.848. The topological polar surface area (TPSA) is 244 Å². The molecule has 0 fully saturated rings. The van der Waals surface area contributed by atoms with E-state index in [1.165, 1.54) is 44.9 Å². The highest BCUT2D eigenvalue weighted by Gasteiger charge is 2.21. The van der Waals surface area contributed by atoms with Crippen LogP contribution in [-0.4, -0.2) is 116 Å². The Morgan fingerprint density at radius 3 is 1.14 bits per heavy atom. The van der Waals surface area contributed by atoms with Crippen molar-refractivity contribution in [3.05, 3.63) is 0 Å². The van der Waals surface area contributed by atoms with E-state index in [0.717, 1.165) is 64.2 Å². The van der Waals surface area contributed by atoms with Crippen molar-refractivity contribution in [3.63, 3.8) is 0 Å². The number of carboxylic acid groups (broad SMARTS) is 2. The van der Waals surface area contributed by atoms with E-state index >= 15 is 0 Å². The fourth-order valence-electron chi connectivity index (χ4n) is 7.09. The number of carbonyl (C=O) groups is 7. The number of likely N-dealkylation sites (N-methyl/N-ethyl adjacent to an activating group) is 3. The van der Waals surface area contributed by atoms with Crippen LogP contribution in [0.3, 0.4) is 0 Å². The van der Waals surface area contributed by atoms with Gasteiger partial charge in [-0.15, -0.1) is 12.6 Å². The maximum atomic E-state index is 12.7. The van der Waals surface area contributed by atoms with Gasteiger partial charge in [-0.3, -0.25) is 28.8 Å². The molecule has 0 aromatic rings.